The number of pyridine rings is 1. The van der Waals surface area contributed by atoms with Gasteiger partial charge in [-0.25, -0.2) is 0 Å². The van der Waals surface area contributed by atoms with Crippen LogP contribution in [0.15, 0.2) is 24.5 Å². The molecule has 1 aliphatic rings. The van der Waals surface area contributed by atoms with Crippen molar-refractivity contribution in [1.82, 2.24) is 15.2 Å². The van der Waals surface area contributed by atoms with E-state index in [2.05, 4.69) is 10.3 Å². The van der Waals surface area contributed by atoms with Gasteiger partial charge in [-0.05, 0) is 44.7 Å². The lowest BCUT2D eigenvalue weighted by molar-refractivity contribution is -0.139. The number of amides is 2. The highest BCUT2D eigenvalue weighted by Gasteiger charge is 2.27. The van der Waals surface area contributed by atoms with Gasteiger partial charge in [0.1, 0.15) is 6.61 Å². The third-order valence-corrected chi connectivity index (χ3v) is 4.30. The molecule has 2 heterocycles. The SMILES string of the molecule is CCOCC(=O)N1CCC(C(=O)NC(C)Cc2cccnc2)CC1. The maximum atomic E-state index is 12.4. The molecule has 0 aliphatic carbocycles. The second kappa shape index (κ2) is 9.37. The molecule has 1 atom stereocenters. The Morgan fingerprint density at radius 2 is 2.17 bits per heavy atom. The number of likely N-dealkylation sites (tertiary alicyclic amines) is 1. The Kier molecular flexibility index (Phi) is 7.18. The molecule has 132 valence electrons. The van der Waals surface area contributed by atoms with Crippen LogP contribution in [0.25, 0.3) is 0 Å². The minimum absolute atomic E-state index is 0.0145. The van der Waals surface area contributed by atoms with E-state index in [9.17, 15) is 9.59 Å². The fraction of sp³-hybridized carbons (Fsp3) is 0.611. The van der Waals surface area contributed by atoms with E-state index in [-0.39, 0.29) is 30.4 Å². The van der Waals surface area contributed by atoms with Crippen molar-refractivity contribution in [2.75, 3.05) is 26.3 Å². The minimum Gasteiger partial charge on any atom is -0.372 e. The first kappa shape index (κ1) is 18.4. The summed E-state index contributed by atoms with van der Waals surface area (Å²) in [7, 11) is 0. The van der Waals surface area contributed by atoms with Gasteiger partial charge < -0.3 is 15.0 Å². The van der Waals surface area contributed by atoms with Gasteiger partial charge in [0.05, 0.1) is 0 Å². The highest BCUT2D eigenvalue weighted by molar-refractivity contribution is 5.80. The molecule has 2 rings (SSSR count). The minimum atomic E-state index is -0.0162. The Bertz CT molecular complexity index is 528. The normalized spacial score (nSPS) is 16.7. The summed E-state index contributed by atoms with van der Waals surface area (Å²) in [5.41, 5.74) is 1.11. The van der Waals surface area contributed by atoms with E-state index in [1.165, 1.54) is 0 Å². The van der Waals surface area contributed by atoms with Crippen molar-refractivity contribution in [1.29, 1.82) is 0 Å². The van der Waals surface area contributed by atoms with E-state index in [1.54, 1.807) is 11.1 Å². The summed E-state index contributed by atoms with van der Waals surface area (Å²) >= 11 is 0. The Morgan fingerprint density at radius 3 is 2.79 bits per heavy atom. The number of rotatable bonds is 7. The first-order valence-electron chi connectivity index (χ1n) is 8.65. The smallest absolute Gasteiger partial charge is 0.248 e. The molecule has 1 fully saturated rings. The third kappa shape index (κ3) is 5.60. The van der Waals surface area contributed by atoms with Crippen molar-refractivity contribution < 1.29 is 14.3 Å². The van der Waals surface area contributed by atoms with Crippen LogP contribution in [0.1, 0.15) is 32.3 Å². The number of carbonyl (C=O) groups is 2. The zero-order valence-electron chi connectivity index (χ0n) is 14.5. The van der Waals surface area contributed by atoms with Crippen molar-refractivity contribution in [3.05, 3.63) is 30.1 Å². The maximum absolute atomic E-state index is 12.4. The average Bonchev–Trinajstić information content (AvgIpc) is 2.60. The highest BCUT2D eigenvalue weighted by atomic mass is 16.5. The summed E-state index contributed by atoms with van der Waals surface area (Å²) in [5.74, 6) is 0.0847. The molecule has 0 aromatic carbocycles. The summed E-state index contributed by atoms with van der Waals surface area (Å²) in [5, 5.41) is 3.08. The van der Waals surface area contributed by atoms with Crippen LogP contribution in [-0.4, -0.2) is 54.0 Å². The van der Waals surface area contributed by atoms with Crippen LogP contribution in [0.3, 0.4) is 0 Å². The Balaban J connectivity index is 1.73. The lowest BCUT2D eigenvalue weighted by atomic mass is 9.95. The second-order valence-corrected chi connectivity index (χ2v) is 6.27. The van der Waals surface area contributed by atoms with E-state index in [4.69, 9.17) is 4.74 Å². The molecule has 1 aromatic heterocycles. The van der Waals surface area contributed by atoms with E-state index in [1.807, 2.05) is 32.2 Å². The monoisotopic (exact) mass is 333 g/mol. The second-order valence-electron chi connectivity index (χ2n) is 6.27. The van der Waals surface area contributed by atoms with Crippen LogP contribution in [-0.2, 0) is 20.7 Å². The third-order valence-electron chi connectivity index (χ3n) is 4.30. The summed E-state index contributed by atoms with van der Waals surface area (Å²) in [4.78, 5) is 30.2. The van der Waals surface area contributed by atoms with Crippen LogP contribution in [0.4, 0.5) is 0 Å². The van der Waals surface area contributed by atoms with Crippen molar-refractivity contribution in [3.8, 4) is 0 Å². The topological polar surface area (TPSA) is 71.5 Å². The average molecular weight is 333 g/mol. The molecule has 6 heteroatoms. The van der Waals surface area contributed by atoms with E-state index < -0.39 is 0 Å². The summed E-state index contributed by atoms with van der Waals surface area (Å²) in [6, 6.07) is 3.98. The van der Waals surface area contributed by atoms with Crippen LogP contribution >= 0.6 is 0 Å². The van der Waals surface area contributed by atoms with E-state index >= 15 is 0 Å². The van der Waals surface area contributed by atoms with Crippen molar-refractivity contribution >= 4 is 11.8 Å². The molecule has 1 N–H and O–H groups in total. The molecule has 1 aromatic rings. The van der Waals surface area contributed by atoms with Crippen molar-refractivity contribution in [2.45, 2.75) is 39.2 Å². The van der Waals surface area contributed by atoms with Crippen molar-refractivity contribution in [2.24, 2.45) is 5.92 Å². The standard InChI is InChI=1S/C18H27N3O3/c1-3-24-13-17(22)21-9-6-16(7-10-21)18(23)20-14(2)11-15-5-4-8-19-12-15/h4-5,8,12,14,16H,3,6-7,9-11,13H2,1-2H3,(H,20,23). The Labute approximate surface area is 143 Å². The van der Waals surface area contributed by atoms with Gasteiger partial charge in [0.2, 0.25) is 11.8 Å². The molecule has 0 radical (unpaired) electrons. The number of ether oxygens (including phenoxy) is 1. The van der Waals surface area contributed by atoms with Gasteiger partial charge in [0.25, 0.3) is 0 Å². The summed E-state index contributed by atoms with van der Waals surface area (Å²) < 4.78 is 5.16. The Morgan fingerprint density at radius 1 is 1.42 bits per heavy atom. The first-order valence-corrected chi connectivity index (χ1v) is 8.65. The lowest BCUT2D eigenvalue weighted by Gasteiger charge is -2.31. The van der Waals surface area contributed by atoms with Gasteiger partial charge in [-0.1, -0.05) is 6.07 Å². The largest absolute Gasteiger partial charge is 0.372 e. The van der Waals surface area contributed by atoms with Gasteiger partial charge in [-0.3, -0.25) is 14.6 Å². The molecule has 24 heavy (non-hydrogen) atoms. The van der Waals surface area contributed by atoms with E-state index in [0.29, 0.717) is 32.5 Å². The summed E-state index contributed by atoms with van der Waals surface area (Å²) in [6.45, 7) is 5.80. The van der Waals surface area contributed by atoms with Crippen LogP contribution in [0, 0.1) is 5.92 Å². The zero-order valence-corrected chi connectivity index (χ0v) is 14.5. The number of piperidine rings is 1. The van der Waals surface area contributed by atoms with Crippen molar-refractivity contribution in [3.63, 3.8) is 0 Å². The molecule has 0 saturated carbocycles. The van der Waals surface area contributed by atoms with Crippen LogP contribution < -0.4 is 5.32 Å². The molecule has 0 bridgehead atoms. The number of nitrogens with zero attached hydrogens (tertiary/aromatic N) is 2. The molecular weight excluding hydrogens is 306 g/mol. The van der Waals surface area contributed by atoms with Gasteiger partial charge in [0, 0.05) is 44.0 Å². The molecule has 1 saturated heterocycles. The summed E-state index contributed by atoms with van der Waals surface area (Å²) in [6.07, 6.45) is 5.76. The fourth-order valence-electron chi connectivity index (χ4n) is 2.96. The Hall–Kier alpha value is -1.95. The van der Waals surface area contributed by atoms with Crippen LogP contribution in [0.5, 0.6) is 0 Å². The maximum Gasteiger partial charge on any atom is 0.248 e. The highest BCUT2D eigenvalue weighted by Crippen LogP contribution is 2.18. The quantitative estimate of drug-likeness (QED) is 0.819. The molecule has 2 amide bonds. The first-order chi connectivity index (χ1) is 11.6. The van der Waals surface area contributed by atoms with E-state index in [0.717, 1.165) is 12.0 Å². The molecule has 1 unspecified atom stereocenters. The molecule has 1 aliphatic heterocycles. The number of hydrogen-bond donors (Lipinski definition) is 1. The molecular formula is C18H27N3O3. The zero-order chi connectivity index (χ0) is 17.4. The predicted octanol–water partition coefficient (Wildman–Crippen LogP) is 1.40. The lowest BCUT2D eigenvalue weighted by Crippen LogP contribution is -2.46. The predicted molar refractivity (Wildman–Crippen MR) is 91.3 cm³/mol. The van der Waals surface area contributed by atoms with Gasteiger partial charge in [-0.2, -0.15) is 0 Å². The fourth-order valence-corrected chi connectivity index (χ4v) is 2.96. The van der Waals surface area contributed by atoms with Crippen LogP contribution in [0.2, 0.25) is 0 Å². The number of hydrogen-bond acceptors (Lipinski definition) is 4. The van der Waals surface area contributed by atoms with Gasteiger partial charge in [0.15, 0.2) is 0 Å². The number of carbonyl (C=O) groups excluding carboxylic acids is 2. The number of nitrogens with one attached hydrogen (secondary N) is 1. The number of aromatic nitrogens is 1. The molecule has 0 spiro atoms. The van der Waals surface area contributed by atoms with Gasteiger partial charge in [-0.15, -0.1) is 0 Å². The van der Waals surface area contributed by atoms with Gasteiger partial charge >= 0.3 is 0 Å². The molecule has 6 nitrogen and oxygen atoms in total.